The van der Waals surface area contributed by atoms with Gasteiger partial charge in [-0.1, -0.05) is 39.8 Å². The molecule has 0 spiro atoms. The normalized spacial score (nSPS) is 13.6. The van der Waals surface area contributed by atoms with Crippen molar-refractivity contribution in [2.24, 2.45) is 18.9 Å². The molecule has 1 aromatic heterocycles. The fraction of sp³-hybridized carbons (Fsp3) is 0.500. The number of carbonyl (C=O) groups is 2. The van der Waals surface area contributed by atoms with Crippen LogP contribution >= 0.6 is 0 Å². The number of anilines is 3. The van der Waals surface area contributed by atoms with Gasteiger partial charge in [0.25, 0.3) is 5.91 Å². The Bertz CT molecular complexity index is 906. The lowest BCUT2D eigenvalue weighted by Crippen LogP contribution is -2.41. The van der Waals surface area contributed by atoms with E-state index in [0.717, 1.165) is 13.1 Å². The zero-order chi connectivity index (χ0) is 21.3. The number of benzene rings is 1. The molecular weight excluding hydrogens is 366 g/mol. The molecular formula is C22H31N5O2. The Balaban J connectivity index is 2.06. The standard InChI is InChI=1S/C22H31N5O2/c1-14(2)11-26(12-15(3)4)13-19(28)27-18-10-8-7-9-17(18)23-22(29)21-20(27)16(5)24-25(21)6/h7-10,14-15H,11-13H2,1-6H3,(H,23,29). The van der Waals surface area contributed by atoms with Crippen molar-refractivity contribution in [1.82, 2.24) is 14.7 Å². The highest BCUT2D eigenvalue weighted by molar-refractivity contribution is 6.17. The second-order valence-corrected chi connectivity index (χ2v) is 8.59. The zero-order valence-corrected chi connectivity index (χ0v) is 18.2. The summed E-state index contributed by atoms with van der Waals surface area (Å²) in [6.07, 6.45) is 0. The van der Waals surface area contributed by atoms with Crippen molar-refractivity contribution in [3.05, 3.63) is 35.7 Å². The molecule has 0 atom stereocenters. The topological polar surface area (TPSA) is 70.5 Å². The first-order valence-electron chi connectivity index (χ1n) is 10.2. The van der Waals surface area contributed by atoms with Crippen LogP contribution in [-0.4, -0.2) is 46.1 Å². The van der Waals surface area contributed by atoms with Gasteiger partial charge in [0.1, 0.15) is 5.69 Å². The fourth-order valence-electron chi connectivity index (χ4n) is 4.00. The smallest absolute Gasteiger partial charge is 0.276 e. The van der Waals surface area contributed by atoms with Gasteiger partial charge in [0, 0.05) is 20.1 Å². The largest absolute Gasteiger partial charge is 0.319 e. The number of aromatic nitrogens is 2. The predicted molar refractivity (Wildman–Crippen MR) is 116 cm³/mol. The third-order valence-electron chi connectivity index (χ3n) is 4.88. The van der Waals surface area contributed by atoms with Crippen molar-refractivity contribution < 1.29 is 9.59 Å². The molecule has 1 aliphatic rings. The molecule has 2 amide bonds. The third kappa shape index (κ3) is 4.34. The summed E-state index contributed by atoms with van der Waals surface area (Å²) in [5.74, 6) is 0.591. The summed E-state index contributed by atoms with van der Waals surface area (Å²) >= 11 is 0. The predicted octanol–water partition coefficient (Wildman–Crippen LogP) is 3.57. The van der Waals surface area contributed by atoms with E-state index < -0.39 is 0 Å². The van der Waals surface area contributed by atoms with Crippen LogP contribution in [0.25, 0.3) is 0 Å². The first-order valence-corrected chi connectivity index (χ1v) is 10.2. The zero-order valence-electron chi connectivity index (χ0n) is 18.2. The molecule has 1 aromatic carbocycles. The SMILES string of the molecule is Cc1nn(C)c2c1N(C(=O)CN(CC(C)C)CC(C)C)c1ccccc1NC2=O. The number of hydrogen-bond acceptors (Lipinski definition) is 4. The minimum atomic E-state index is -0.257. The molecule has 0 fully saturated rings. The summed E-state index contributed by atoms with van der Waals surface area (Å²) in [7, 11) is 1.73. The van der Waals surface area contributed by atoms with Gasteiger partial charge >= 0.3 is 0 Å². The monoisotopic (exact) mass is 397 g/mol. The molecule has 1 N–H and O–H groups in total. The van der Waals surface area contributed by atoms with Crippen LogP contribution in [0.1, 0.15) is 43.9 Å². The Kier molecular flexibility index (Phi) is 6.07. The van der Waals surface area contributed by atoms with Gasteiger partial charge in [0.2, 0.25) is 5.91 Å². The maximum Gasteiger partial charge on any atom is 0.276 e. The van der Waals surface area contributed by atoms with Gasteiger partial charge in [-0.25, -0.2) is 0 Å². The Hall–Kier alpha value is -2.67. The summed E-state index contributed by atoms with van der Waals surface area (Å²) in [5.41, 5.74) is 2.91. The lowest BCUT2D eigenvalue weighted by molar-refractivity contribution is -0.119. The van der Waals surface area contributed by atoms with E-state index in [1.165, 1.54) is 0 Å². The first kappa shape index (κ1) is 21.0. The fourth-order valence-corrected chi connectivity index (χ4v) is 4.00. The average Bonchev–Trinajstić information content (AvgIpc) is 2.81. The highest BCUT2D eigenvalue weighted by Gasteiger charge is 2.34. The lowest BCUT2D eigenvalue weighted by Gasteiger charge is -2.29. The van der Waals surface area contributed by atoms with E-state index in [1.807, 2.05) is 31.2 Å². The van der Waals surface area contributed by atoms with Crippen molar-refractivity contribution in [2.75, 3.05) is 29.9 Å². The van der Waals surface area contributed by atoms with Crippen LogP contribution in [0.4, 0.5) is 17.1 Å². The van der Waals surface area contributed by atoms with Crippen molar-refractivity contribution >= 4 is 28.9 Å². The van der Waals surface area contributed by atoms with Crippen LogP contribution in [0.5, 0.6) is 0 Å². The Morgan fingerprint density at radius 1 is 1.14 bits per heavy atom. The number of hydrogen-bond donors (Lipinski definition) is 1. The lowest BCUT2D eigenvalue weighted by atomic mass is 10.1. The number of carbonyl (C=O) groups excluding carboxylic acids is 2. The van der Waals surface area contributed by atoms with E-state index in [1.54, 1.807) is 16.6 Å². The van der Waals surface area contributed by atoms with Gasteiger partial charge in [0.15, 0.2) is 5.69 Å². The molecule has 0 aliphatic carbocycles. The molecule has 0 saturated heterocycles. The van der Waals surface area contributed by atoms with E-state index in [4.69, 9.17) is 0 Å². The summed E-state index contributed by atoms with van der Waals surface area (Å²) in [4.78, 5) is 30.4. The minimum Gasteiger partial charge on any atom is -0.319 e. The molecule has 156 valence electrons. The molecule has 2 aromatic rings. The van der Waals surface area contributed by atoms with E-state index >= 15 is 0 Å². The van der Waals surface area contributed by atoms with Crippen LogP contribution in [-0.2, 0) is 11.8 Å². The Morgan fingerprint density at radius 3 is 2.38 bits per heavy atom. The molecule has 7 heteroatoms. The molecule has 0 bridgehead atoms. The number of nitrogens with one attached hydrogen (secondary N) is 1. The summed E-state index contributed by atoms with van der Waals surface area (Å²) < 4.78 is 1.55. The van der Waals surface area contributed by atoms with Gasteiger partial charge in [-0.05, 0) is 30.9 Å². The molecule has 2 heterocycles. The van der Waals surface area contributed by atoms with Crippen LogP contribution in [0.15, 0.2) is 24.3 Å². The minimum absolute atomic E-state index is 0.0624. The van der Waals surface area contributed by atoms with Crippen LogP contribution < -0.4 is 10.2 Å². The van der Waals surface area contributed by atoms with Crippen LogP contribution in [0.2, 0.25) is 0 Å². The molecule has 0 saturated carbocycles. The molecule has 7 nitrogen and oxygen atoms in total. The van der Waals surface area contributed by atoms with Crippen molar-refractivity contribution in [3.8, 4) is 0 Å². The highest BCUT2D eigenvalue weighted by Crippen LogP contribution is 2.39. The molecule has 0 unspecified atom stereocenters. The second-order valence-electron chi connectivity index (χ2n) is 8.59. The quantitative estimate of drug-likeness (QED) is 0.809. The molecule has 0 radical (unpaired) electrons. The molecule has 29 heavy (non-hydrogen) atoms. The summed E-state index contributed by atoms with van der Waals surface area (Å²) in [6, 6.07) is 7.42. The van der Waals surface area contributed by atoms with E-state index in [9.17, 15) is 9.59 Å². The second kappa shape index (κ2) is 8.37. The maximum absolute atomic E-state index is 13.6. The first-order chi connectivity index (χ1) is 13.7. The van der Waals surface area contributed by atoms with Gasteiger partial charge in [0.05, 0.1) is 23.6 Å². The van der Waals surface area contributed by atoms with E-state index in [2.05, 4.69) is 43.0 Å². The summed E-state index contributed by atoms with van der Waals surface area (Å²) in [5, 5.41) is 7.34. The van der Waals surface area contributed by atoms with Gasteiger partial charge < -0.3 is 5.32 Å². The number of nitrogens with zero attached hydrogens (tertiary/aromatic N) is 4. The highest BCUT2D eigenvalue weighted by atomic mass is 16.2. The van der Waals surface area contributed by atoms with Crippen molar-refractivity contribution in [2.45, 2.75) is 34.6 Å². The van der Waals surface area contributed by atoms with Gasteiger partial charge in [-0.3, -0.25) is 24.1 Å². The number of para-hydroxylation sites is 2. The Morgan fingerprint density at radius 2 is 1.76 bits per heavy atom. The maximum atomic E-state index is 13.6. The van der Waals surface area contributed by atoms with Crippen LogP contribution in [0, 0.1) is 18.8 Å². The number of fused-ring (bicyclic) bond motifs is 2. The summed E-state index contributed by atoms with van der Waals surface area (Å²) in [6.45, 7) is 12.4. The average molecular weight is 398 g/mol. The van der Waals surface area contributed by atoms with E-state index in [0.29, 0.717) is 40.3 Å². The van der Waals surface area contributed by atoms with E-state index in [-0.39, 0.29) is 18.4 Å². The number of rotatable bonds is 6. The Labute approximate surface area is 172 Å². The van der Waals surface area contributed by atoms with Gasteiger partial charge in [-0.15, -0.1) is 0 Å². The number of aryl methyl sites for hydroxylation is 2. The van der Waals surface area contributed by atoms with Crippen molar-refractivity contribution in [1.29, 1.82) is 0 Å². The molecule has 3 rings (SSSR count). The third-order valence-corrected chi connectivity index (χ3v) is 4.88. The van der Waals surface area contributed by atoms with Gasteiger partial charge in [-0.2, -0.15) is 5.10 Å². The van der Waals surface area contributed by atoms with Crippen LogP contribution in [0.3, 0.4) is 0 Å². The van der Waals surface area contributed by atoms with Crippen molar-refractivity contribution in [3.63, 3.8) is 0 Å². The number of amides is 2. The molecule has 1 aliphatic heterocycles.